The molecule has 0 aliphatic rings. The van der Waals surface area contributed by atoms with Crippen molar-refractivity contribution in [2.45, 2.75) is 38.3 Å². The maximum atomic E-state index is 12.5. The third-order valence-corrected chi connectivity index (χ3v) is 3.90. The van der Waals surface area contributed by atoms with E-state index in [4.69, 9.17) is 0 Å². The Balaban J connectivity index is 2.21. The van der Waals surface area contributed by atoms with Gasteiger partial charge < -0.3 is 5.32 Å². The second-order valence-corrected chi connectivity index (χ2v) is 5.56. The molecule has 0 atom stereocenters. The van der Waals surface area contributed by atoms with Gasteiger partial charge in [-0.25, -0.2) is 9.67 Å². The lowest BCUT2D eigenvalue weighted by Crippen LogP contribution is -2.17. The Morgan fingerprint density at radius 2 is 2.29 bits per heavy atom. The van der Waals surface area contributed by atoms with Crippen LogP contribution in [0.15, 0.2) is 29.6 Å². The highest BCUT2D eigenvalue weighted by molar-refractivity contribution is 7.98. The summed E-state index contributed by atoms with van der Waals surface area (Å²) in [5, 5.41) is 8.02. The topological polar surface area (TPSA) is 59.8 Å². The van der Waals surface area contributed by atoms with E-state index in [2.05, 4.69) is 22.3 Å². The van der Waals surface area contributed by atoms with Crippen molar-refractivity contribution in [1.82, 2.24) is 14.8 Å². The van der Waals surface area contributed by atoms with Gasteiger partial charge in [-0.2, -0.15) is 5.10 Å². The number of carbonyl (C=O) groups is 1. The number of aryl methyl sites for hydroxylation is 2. The largest absolute Gasteiger partial charge is 0.306 e. The molecule has 6 heteroatoms. The monoisotopic (exact) mass is 304 g/mol. The third kappa shape index (κ3) is 3.64. The molecule has 2 aromatic heterocycles. The van der Waals surface area contributed by atoms with Crippen LogP contribution in [0.5, 0.6) is 0 Å². The van der Waals surface area contributed by atoms with Gasteiger partial charge in [-0.3, -0.25) is 4.79 Å². The van der Waals surface area contributed by atoms with Crippen molar-refractivity contribution < 1.29 is 4.79 Å². The van der Waals surface area contributed by atoms with Gasteiger partial charge in [-0.1, -0.05) is 13.3 Å². The molecule has 0 unspecified atom stereocenters. The number of aromatic nitrogens is 3. The van der Waals surface area contributed by atoms with Crippen molar-refractivity contribution in [3.8, 4) is 0 Å². The van der Waals surface area contributed by atoms with Crippen LogP contribution in [-0.4, -0.2) is 26.9 Å². The molecule has 2 rings (SSSR count). The molecule has 2 aromatic rings. The Morgan fingerprint density at radius 1 is 1.48 bits per heavy atom. The molecular weight excluding hydrogens is 284 g/mol. The second kappa shape index (κ2) is 7.26. The minimum Gasteiger partial charge on any atom is -0.306 e. The number of hydrogen-bond donors (Lipinski definition) is 1. The SMILES string of the molecule is CCCCn1ncc(C)c1NC(=O)c1cccnc1SC. The van der Waals surface area contributed by atoms with Crippen molar-refractivity contribution in [3.63, 3.8) is 0 Å². The zero-order valence-electron chi connectivity index (χ0n) is 12.6. The molecule has 5 nitrogen and oxygen atoms in total. The highest BCUT2D eigenvalue weighted by Gasteiger charge is 2.15. The highest BCUT2D eigenvalue weighted by Crippen LogP contribution is 2.20. The van der Waals surface area contributed by atoms with Crippen LogP contribution in [0.1, 0.15) is 35.7 Å². The first-order chi connectivity index (χ1) is 10.2. The van der Waals surface area contributed by atoms with Crippen LogP contribution >= 0.6 is 11.8 Å². The number of carbonyl (C=O) groups excluding carboxylic acids is 1. The van der Waals surface area contributed by atoms with Crippen LogP contribution in [0.25, 0.3) is 0 Å². The lowest BCUT2D eigenvalue weighted by Gasteiger charge is -2.11. The van der Waals surface area contributed by atoms with Gasteiger partial charge in [-0.15, -0.1) is 11.8 Å². The summed E-state index contributed by atoms with van der Waals surface area (Å²) in [4.78, 5) is 16.7. The maximum absolute atomic E-state index is 12.5. The fourth-order valence-electron chi connectivity index (χ4n) is 2.02. The quantitative estimate of drug-likeness (QED) is 0.831. The Kier molecular flexibility index (Phi) is 5.38. The summed E-state index contributed by atoms with van der Waals surface area (Å²) in [6, 6.07) is 3.56. The number of hydrogen-bond acceptors (Lipinski definition) is 4. The average Bonchev–Trinajstić information content (AvgIpc) is 2.85. The molecule has 0 fully saturated rings. The molecule has 112 valence electrons. The first-order valence-electron chi connectivity index (χ1n) is 7.00. The Bertz CT molecular complexity index is 624. The van der Waals surface area contributed by atoms with Gasteiger partial charge in [0.05, 0.1) is 11.8 Å². The zero-order chi connectivity index (χ0) is 15.2. The first kappa shape index (κ1) is 15.6. The van der Waals surface area contributed by atoms with E-state index in [1.807, 2.05) is 17.9 Å². The van der Waals surface area contributed by atoms with E-state index in [0.29, 0.717) is 5.56 Å². The summed E-state index contributed by atoms with van der Waals surface area (Å²) in [5.74, 6) is 0.623. The van der Waals surface area contributed by atoms with E-state index >= 15 is 0 Å². The molecule has 0 spiro atoms. The van der Waals surface area contributed by atoms with Gasteiger partial charge in [0.15, 0.2) is 0 Å². The molecule has 21 heavy (non-hydrogen) atoms. The number of pyridine rings is 1. The zero-order valence-corrected chi connectivity index (χ0v) is 13.4. The minimum atomic E-state index is -0.145. The predicted molar refractivity (Wildman–Crippen MR) is 85.8 cm³/mol. The standard InChI is InChI=1S/C15H20N4OS/c1-4-5-9-19-13(11(2)10-17-19)18-14(20)12-7-6-8-16-15(12)21-3/h6-8,10H,4-5,9H2,1-3H3,(H,18,20). The molecule has 0 radical (unpaired) electrons. The van der Waals surface area contributed by atoms with E-state index in [-0.39, 0.29) is 5.91 Å². The Labute approximate surface area is 129 Å². The maximum Gasteiger partial charge on any atom is 0.259 e. The predicted octanol–water partition coefficient (Wildman–Crippen LogP) is 3.36. The molecule has 0 aliphatic heterocycles. The number of unbranched alkanes of at least 4 members (excludes halogenated alkanes) is 1. The number of amides is 1. The number of anilines is 1. The molecule has 1 amide bonds. The van der Waals surface area contributed by atoms with Crippen LogP contribution in [0, 0.1) is 6.92 Å². The normalized spacial score (nSPS) is 10.6. The van der Waals surface area contributed by atoms with E-state index in [1.165, 1.54) is 11.8 Å². The van der Waals surface area contributed by atoms with Crippen molar-refractivity contribution in [2.75, 3.05) is 11.6 Å². The summed E-state index contributed by atoms with van der Waals surface area (Å²) >= 11 is 1.46. The van der Waals surface area contributed by atoms with Gasteiger partial charge in [0.25, 0.3) is 5.91 Å². The van der Waals surface area contributed by atoms with Crippen LogP contribution < -0.4 is 5.32 Å². The van der Waals surface area contributed by atoms with E-state index in [9.17, 15) is 4.79 Å². The second-order valence-electron chi connectivity index (χ2n) is 4.77. The summed E-state index contributed by atoms with van der Waals surface area (Å²) in [6.45, 7) is 4.89. The molecule has 0 aliphatic carbocycles. The fourth-order valence-corrected chi connectivity index (χ4v) is 2.57. The lowest BCUT2D eigenvalue weighted by atomic mass is 10.2. The molecule has 0 aromatic carbocycles. The Morgan fingerprint density at radius 3 is 3.00 bits per heavy atom. The van der Waals surface area contributed by atoms with Gasteiger partial charge in [0.2, 0.25) is 0 Å². The van der Waals surface area contributed by atoms with Gasteiger partial charge in [0, 0.05) is 18.3 Å². The molecule has 0 bridgehead atoms. The number of thioether (sulfide) groups is 1. The number of nitrogens with zero attached hydrogens (tertiary/aromatic N) is 3. The van der Waals surface area contributed by atoms with Crippen molar-refractivity contribution in [3.05, 3.63) is 35.7 Å². The molecule has 0 saturated heterocycles. The summed E-state index contributed by atoms with van der Waals surface area (Å²) in [6.07, 6.45) is 7.51. The van der Waals surface area contributed by atoms with Crippen LogP contribution in [0.2, 0.25) is 0 Å². The molecule has 1 N–H and O–H groups in total. The smallest absolute Gasteiger partial charge is 0.259 e. The molecule has 0 saturated carbocycles. The first-order valence-corrected chi connectivity index (χ1v) is 8.22. The van der Waals surface area contributed by atoms with Crippen LogP contribution in [0.3, 0.4) is 0 Å². The fraction of sp³-hybridized carbons (Fsp3) is 0.400. The van der Waals surface area contributed by atoms with Gasteiger partial charge in [0.1, 0.15) is 10.8 Å². The summed E-state index contributed by atoms with van der Waals surface area (Å²) in [5.41, 5.74) is 1.56. The summed E-state index contributed by atoms with van der Waals surface area (Å²) in [7, 11) is 0. The average molecular weight is 304 g/mol. The van der Waals surface area contributed by atoms with Crippen molar-refractivity contribution in [2.24, 2.45) is 0 Å². The minimum absolute atomic E-state index is 0.145. The number of rotatable bonds is 6. The third-order valence-electron chi connectivity index (χ3n) is 3.19. The lowest BCUT2D eigenvalue weighted by molar-refractivity contribution is 0.102. The molecular formula is C15H20N4OS. The van der Waals surface area contributed by atoms with E-state index in [1.54, 1.807) is 24.5 Å². The summed E-state index contributed by atoms with van der Waals surface area (Å²) < 4.78 is 1.85. The molecule has 2 heterocycles. The Hall–Kier alpha value is -1.82. The van der Waals surface area contributed by atoms with Crippen LogP contribution in [0.4, 0.5) is 5.82 Å². The van der Waals surface area contributed by atoms with E-state index < -0.39 is 0 Å². The van der Waals surface area contributed by atoms with Crippen LogP contribution in [-0.2, 0) is 6.54 Å². The van der Waals surface area contributed by atoms with Gasteiger partial charge >= 0.3 is 0 Å². The van der Waals surface area contributed by atoms with Gasteiger partial charge in [-0.05, 0) is 31.7 Å². The van der Waals surface area contributed by atoms with Crippen molar-refractivity contribution >= 4 is 23.5 Å². The van der Waals surface area contributed by atoms with Crippen molar-refractivity contribution in [1.29, 1.82) is 0 Å². The van der Waals surface area contributed by atoms with E-state index in [0.717, 1.165) is 35.8 Å². The highest BCUT2D eigenvalue weighted by atomic mass is 32.2. The number of nitrogens with one attached hydrogen (secondary N) is 1.